The molecule has 2 aromatic heterocycles. The summed E-state index contributed by atoms with van der Waals surface area (Å²) in [6.45, 7) is 2.57. The predicted molar refractivity (Wildman–Crippen MR) is 62.5 cm³/mol. The number of rotatable bonds is 4. The molecule has 0 aliphatic rings. The van der Waals surface area contributed by atoms with Gasteiger partial charge in [-0.05, 0) is 13.0 Å². The molecule has 0 saturated heterocycles. The fourth-order valence-electron chi connectivity index (χ4n) is 1.22. The summed E-state index contributed by atoms with van der Waals surface area (Å²) in [5.41, 5.74) is 8.32. The number of nitrogens with zero attached hydrogens (tertiary/aromatic N) is 3. The van der Waals surface area contributed by atoms with Crippen LogP contribution >= 0.6 is 11.3 Å². The SMILES string of the molecule is Cc1ncsc1CCOc1ccc(N)nn1. The average molecular weight is 236 g/mol. The second-order valence-electron chi connectivity index (χ2n) is 3.26. The maximum absolute atomic E-state index is 5.44. The van der Waals surface area contributed by atoms with Crippen LogP contribution in [-0.2, 0) is 6.42 Å². The number of nitrogen functional groups attached to an aromatic ring is 1. The van der Waals surface area contributed by atoms with Gasteiger partial charge in [-0.3, -0.25) is 0 Å². The van der Waals surface area contributed by atoms with E-state index in [4.69, 9.17) is 10.5 Å². The Morgan fingerprint density at radius 3 is 2.88 bits per heavy atom. The lowest BCUT2D eigenvalue weighted by molar-refractivity contribution is 0.306. The quantitative estimate of drug-likeness (QED) is 0.869. The van der Waals surface area contributed by atoms with Crippen LogP contribution in [0.15, 0.2) is 17.6 Å². The molecule has 0 spiro atoms. The van der Waals surface area contributed by atoms with Crippen LogP contribution in [0.3, 0.4) is 0 Å². The van der Waals surface area contributed by atoms with Crippen LogP contribution in [0, 0.1) is 6.92 Å². The number of anilines is 1. The Kier molecular flexibility index (Phi) is 3.31. The van der Waals surface area contributed by atoms with Gasteiger partial charge in [0.1, 0.15) is 5.82 Å². The van der Waals surface area contributed by atoms with E-state index in [-0.39, 0.29) is 0 Å². The van der Waals surface area contributed by atoms with Crippen molar-refractivity contribution in [3.63, 3.8) is 0 Å². The lowest BCUT2D eigenvalue weighted by atomic mass is 10.3. The molecule has 0 aliphatic heterocycles. The molecule has 0 aliphatic carbocycles. The molecule has 84 valence electrons. The van der Waals surface area contributed by atoms with E-state index in [1.165, 1.54) is 4.88 Å². The molecule has 0 amide bonds. The monoisotopic (exact) mass is 236 g/mol. The topological polar surface area (TPSA) is 73.9 Å². The molecule has 0 radical (unpaired) electrons. The first-order chi connectivity index (χ1) is 7.75. The first-order valence-electron chi connectivity index (χ1n) is 4.86. The van der Waals surface area contributed by atoms with Crippen molar-refractivity contribution < 1.29 is 4.74 Å². The first-order valence-corrected chi connectivity index (χ1v) is 5.74. The Morgan fingerprint density at radius 2 is 2.25 bits per heavy atom. The molecular weight excluding hydrogens is 224 g/mol. The van der Waals surface area contributed by atoms with E-state index < -0.39 is 0 Å². The third-order valence-electron chi connectivity index (χ3n) is 2.08. The summed E-state index contributed by atoms with van der Waals surface area (Å²) in [5.74, 6) is 0.891. The molecule has 0 fully saturated rings. The lowest BCUT2D eigenvalue weighted by Gasteiger charge is -2.03. The van der Waals surface area contributed by atoms with Crippen molar-refractivity contribution in [1.82, 2.24) is 15.2 Å². The summed E-state index contributed by atoms with van der Waals surface area (Å²) >= 11 is 1.64. The van der Waals surface area contributed by atoms with Gasteiger partial charge in [0.2, 0.25) is 5.88 Å². The zero-order valence-electron chi connectivity index (χ0n) is 8.88. The van der Waals surface area contributed by atoms with Crippen LogP contribution in [0.1, 0.15) is 10.6 Å². The highest BCUT2D eigenvalue weighted by molar-refractivity contribution is 7.09. The molecule has 16 heavy (non-hydrogen) atoms. The van der Waals surface area contributed by atoms with Gasteiger partial charge in [0.25, 0.3) is 0 Å². The van der Waals surface area contributed by atoms with Crippen LogP contribution in [0.5, 0.6) is 5.88 Å². The maximum atomic E-state index is 5.44. The van der Waals surface area contributed by atoms with Gasteiger partial charge in [0.05, 0.1) is 17.8 Å². The molecular formula is C10H12N4OS. The van der Waals surface area contributed by atoms with Gasteiger partial charge in [-0.15, -0.1) is 21.5 Å². The zero-order valence-corrected chi connectivity index (χ0v) is 9.70. The minimum atomic E-state index is 0.394. The van der Waals surface area contributed by atoms with Crippen molar-refractivity contribution in [2.45, 2.75) is 13.3 Å². The van der Waals surface area contributed by atoms with Crippen LogP contribution in [-0.4, -0.2) is 21.8 Å². The van der Waals surface area contributed by atoms with Crippen molar-refractivity contribution in [3.05, 3.63) is 28.2 Å². The van der Waals surface area contributed by atoms with E-state index in [0.717, 1.165) is 12.1 Å². The molecule has 0 bridgehead atoms. The highest BCUT2D eigenvalue weighted by Gasteiger charge is 2.02. The van der Waals surface area contributed by atoms with Crippen molar-refractivity contribution in [1.29, 1.82) is 0 Å². The standard InChI is InChI=1S/C10H12N4OS/c1-7-8(16-6-12-7)4-5-15-10-3-2-9(11)13-14-10/h2-3,6H,4-5H2,1H3,(H2,11,13). The predicted octanol–water partition coefficient (Wildman–Crippen LogP) is 1.45. The lowest BCUT2D eigenvalue weighted by Crippen LogP contribution is -2.03. The molecule has 2 aromatic rings. The number of thiazole rings is 1. The zero-order chi connectivity index (χ0) is 11.4. The Labute approximate surface area is 97.3 Å². The summed E-state index contributed by atoms with van der Waals surface area (Å²) in [6, 6.07) is 3.38. The van der Waals surface area contributed by atoms with Gasteiger partial charge >= 0.3 is 0 Å². The molecule has 0 aromatic carbocycles. The largest absolute Gasteiger partial charge is 0.476 e. The minimum absolute atomic E-state index is 0.394. The molecule has 2 rings (SSSR count). The number of aromatic nitrogens is 3. The molecule has 0 atom stereocenters. The summed E-state index contributed by atoms with van der Waals surface area (Å²) in [6.07, 6.45) is 0.836. The molecule has 0 unspecified atom stereocenters. The highest BCUT2D eigenvalue weighted by Crippen LogP contribution is 2.13. The van der Waals surface area contributed by atoms with Crippen LogP contribution in [0.4, 0.5) is 5.82 Å². The summed E-state index contributed by atoms with van der Waals surface area (Å²) in [5, 5.41) is 7.52. The van der Waals surface area contributed by atoms with Crippen molar-refractivity contribution in [3.8, 4) is 5.88 Å². The van der Waals surface area contributed by atoms with Gasteiger partial charge in [-0.25, -0.2) is 4.98 Å². The fraction of sp³-hybridized carbons (Fsp3) is 0.300. The summed E-state index contributed by atoms with van der Waals surface area (Å²) in [4.78, 5) is 5.41. The van der Waals surface area contributed by atoms with E-state index >= 15 is 0 Å². The third kappa shape index (κ3) is 2.66. The Balaban J connectivity index is 1.84. The smallest absolute Gasteiger partial charge is 0.233 e. The number of aryl methyl sites for hydroxylation is 1. The average Bonchev–Trinajstić information content (AvgIpc) is 2.68. The van der Waals surface area contributed by atoms with Gasteiger partial charge < -0.3 is 10.5 Å². The van der Waals surface area contributed by atoms with E-state index in [1.54, 1.807) is 23.5 Å². The van der Waals surface area contributed by atoms with Crippen LogP contribution in [0.2, 0.25) is 0 Å². The van der Waals surface area contributed by atoms with E-state index in [1.807, 2.05) is 12.4 Å². The Hall–Kier alpha value is -1.69. The van der Waals surface area contributed by atoms with Gasteiger partial charge in [-0.1, -0.05) is 0 Å². The van der Waals surface area contributed by atoms with Gasteiger partial charge in [0.15, 0.2) is 0 Å². The third-order valence-corrected chi connectivity index (χ3v) is 3.08. The normalized spacial score (nSPS) is 10.3. The Morgan fingerprint density at radius 1 is 1.38 bits per heavy atom. The second kappa shape index (κ2) is 4.89. The maximum Gasteiger partial charge on any atom is 0.233 e. The molecule has 6 heteroatoms. The van der Waals surface area contributed by atoms with Crippen molar-refractivity contribution in [2.24, 2.45) is 0 Å². The van der Waals surface area contributed by atoms with E-state index in [0.29, 0.717) is 18.3 Å². The molecule has 2 heterocycles. The highest BCUT2D eigenvalue weighted by atomic mass is 32.1. The Bertz CT molecular complexity index is 454. The molecule has 5 nitrogen and oxygen atoms in total. The number of ether oxygens (including phenoxy) is 1. The van der Waals surface area contributed by atoms with Crippen LogP contribution in [0.25, 0.3) is 0 Å². The number of hydrogen-bond donors (Lipinski definition) is 1. The summed E-state index contributed by atoms with van der Waals surface area (Å²) < 4.78 is 5.44. The number of nitrogens with two attached hydrogens (primary N) is 1. The van der Waals surface area contributed by atoms with Crippen LogP contribution < -0.4 is 10.5 Å². The van der Waals surface area contributed by atoms with E-state index in [9.17, 15) is 0 Å². The first kappa shape index (κ1) is 10.8. The number of hydrogen-bond acceptors (Lipinski definition) is 6. The van der Waals surface area contributed by atoms with Gasteiger partial charge in [0, 0.05) is 17.4 Å². The van der Waals surface area contributed by atoms with Crippen molar-refractivity contribution in [2.75, 3.05) is 12.3 Å². The fourth-order valence-corrected chi connectivity index (χ4v) is 1.98. The van der Waals surface area contributed by atoms with E-state index in [2.05, 4.69) is 15.2 Å². The second-order valence-corrected chi connectivity index (χ2v) is 4.20. The van der Waals surface area contributed by atoms with Gasteiger partial charge in [-0.2, -0.15) is 0 Å². The molecule has 2 N–H and O–H groups in total. The van der Waals surface area contributed by atoms with Crippen molar-refractivity contribution >= 4 is 17.2 Å². The molecule has 0 saturated carbocycles. The minimum Gasteiger partial charge on any atom is -0.476 e. The summed E-state index contributed by atoms with van der Waals surface area (Å²) in [7, 11) is 0.